The third-order valence-corrected chi connectivity index (χ3v) is 9.75. The van der Waals surface area contributed by atoms with Gasteiger partial charge >= 0.3 is 0 Å². The monoisotopic (exact) mass is 627 g/mol. The zero-order valence-electron chi connectivity index (χ0n) is 31.3. The van der Waals surface area contributed by atoms with Crippen molar-refractivity contribution in [3.8, 4) is 44.5 Å². The van der Waals surface area contributed by atoms with Gasteiger partial charge in [-0.15, -0.1) is 0 Å². The number of rotatable bonds is 4. The summed E-state index contributed by atoms with van der Waals surface area (Å²) < 4.78 is 49.2. The van der Waals surface area contributed by atoms with Crippen LogP contribution in [0.25, 0.3) is 98.8 Å². The molecule has 9 aromatic carbocycles. The fraction of sp³-hybridized carbons (Fsp3) is 0. The average molecular weight is 628 g/mol. The van der Waals surface area contributed by atoms with E-state index < -0.39 is 6.04 Å². The van der Waals surface area contributed by atoms with Crippen LogP contribution >= 0.6 is 0 Å². The molecule has 1 aromatic heterocycles. The quantitative estimate of drug-likeness (QED) is 0.177. The van der Waals surface area contributed by atoms with Gasteiger partial charge < -0.3 is 4.42 Å². The lowest BCUT2D eigenvalue weighted by Crippen LogP contribution is -1.93. The molecule has 0 N–H and O–H groups in total. The molecule has 49 heavy (non-hydrogen) atoms. The van der Waals surface area contributed by atoms with Crippen molar-refractivity contribution in [3.05, 3.63) is 182 Å². The second-order valence-corrected chi connectivity index (χ2v) is 12.4. The van der Waals surface area contributed by atoms with Crippen molar-refractivity contribution in [2.45, 2.75) is 0 Å². The van der Waals surface area contributed by atoms with E-state index in [0.717, 1.165) is 87.6 Å². The Morgan fingerprint density at radius 2 is 0.980 bits per heavy atom. The highest BCUT2D eigenvalue weighted by atomic mass is 16.3. The van der Waals surface area contributed by atoms with Crippen molar-refractivity contribution < 1.29 is 11.3 Å². The molecule has 0 saturated heterocycles. The third-order valence-electron chi connectivity index (χ3n) is 9.75. The van der Waals surface area contributed by atoms with E-state index in [1.165, 1.54) is 0 Å². The van der Waals surface area contributed by atoms with Gasteiger partial charge in [-0.25, -0.2) is 0 Å². The number of furan rings is 1. The largest absolute Gasteiger partial charge is 0.455 e. The van der Waals surface area contributed by atoms with E-state index in [2.05, 4.69) is 97.1 Å². The molecule has 0 amide bonds. The minimum Gasteiger partial charge on any atom is -0.455 e. The van der Waals surface area contributed by atoms with Crippen molar-refractivity contribution in [1.29, 1.82) is 0 Å². The number of hydrogen-bond acceptors (Lipinski definition) is 1. The topological polar surface area (TPSA) is 13.1 Å². The highest BCUT2D eigenvalue weighted by molar-refractivity contribution is 6.23. The fourth-order valence-corrected chi connectivity index (χ4v) is 7.67. The first-order valence-electron chi connectivity index (χ1n) is 18.9. The van der Waals surface area contributed by atoms with Gasteiger partial charge in [0.1, 0.15) is 11.2 Å². The summed E-state index contributed by atoms with van der Waals surface area (Å²) >= 11 is 0. The number of benzene rings is 9. The van der Waals surface area contributed by atoms with Gasteiger partial charge in [-0.1, -0.05) is 164 Å². The summed E-state index contributed by atoms with van der Waals surface area (Å²) in [5, 5.41) is 8.53. The van der Waals surface area contributed by atoms with Crippen LogP contribution in [-0.4, -0.2) is 0 Å². The van der Waals surface area contributed by atoms with E-state index in [1.807, 2.05) is 54.6 Å². The van der Waals surface area contributed by atoms with Crippen LogP contribution in [0.3, 0.4) is 0 Å². The van der Waals surface area contributed by atoms with Crippen LogP contribution in [0, 0.1) is 0 Å². The maximum absolute atomic E-state index is 8.84. The molecule has 0 saturated carbocycles. The number of hydrogen-bond donors (Lipinski definition) is 0. The van der Waals surface area contributed by atoms with Crippen molar-refractivity contribution in [2.75, 3.05) is 0 Å². The highest BCUT2D eigenvalue weighted by Gasteiger charge is 2.20. The first-order chi connectivity index (χ1) is 26.4. The van der Waals surface area contributed by atoms with Crippen molar-refractivity contribution in [1.82, 2.24) is 0 Å². The van der Waals surface area contributed by atoms with E-state index in [1.54, 1.807) is 0 Å². The molecule has 0 fully saturated rings. The lowest BCUT2D eigenvalue weighted by atomic mass is 9.83. The Morgan fingerprint density at radius 3 is 1.73 bits per heavy atom. The van der Waals surface area contributed by atoms with Gasteiger partial charge in [0.15, 0.2) is 0 Å². The second kappa shape index (κ2) is 11.1. The van der Waals surface area contributed by atoms with Gasteiger partial charge in [-0.05, 0) is 89.6 Å². The summed E-state index contributed by atoms with van der Waals surface area (Å²) in [5.41, 5.74) is 8.62. The molecule has 0 aliphatic heterocycles. The summed E-state index contributed by atoms with van der Waals surface area (Å²) in [6.07, 6.45) is 0. The Kier molecular flexibility index (Phi) is 5.20. The van der Waals surface area contributed by atoms with E-state index in [9.17, 15) is 0 Å². The summed E-state index contributed by atoms with van der Waals surface area (Å²) in [5.74, 6) is 0. The van der Waals surface area contributed by atoms with Crippen molar-refractivity contribution >= 4 is 54.3 Å². The molecule has 0 bridgehead atoms. The summed E-state index contributed by atoms with van der Waals surface area (Å²) in [6, 6.07) is 50.4. The molecule has 10 aromatic rings. The average Bonchev–Trinajstić information content (AvgIpc) is 3.61. The fourth-order valence-electron chi connectivity index (χ4n) is 7.67. The molecule has 0 aliphatic carbocycles. The van der Waals surface area contributed by atoms with E-state index in [-0.39, 0.29) is 29.7 Å². The Bertz CT molecular complexity index is 3090. The van der Waals surface area contributed by atoms with Crippen LogP contribution < -0.4 is 0 Å². The maximum Gasteiger partial charge on any atom is 0.143 e. The Hall–Kier alpha value is -6.44. The van der Waals surface area contributed by atoms with Crippen LogP contribution in [0.5, 0.6) is 0 Å². The molecule has 0 unspecified atom stereocenters. The zero-order chi connectivity index (χ0) is 36.7. The normalized spacial score (nSPS) is 13.1. The van der Waals surface area contributed by atoms with Crippen LogP contribution in [0.15, 0.2) is 186 Å². The van der Waals surface area contributed by atoms with E-state index >= 15 is 0 Å². The Balaban J connectivity index is 1.23. The van der Waals surface area contributed by atoms with Gasteiger partial charge in [0.05, 0.1) is 6.85 Å². The molecule has 0 radical (unpaired) electrons. The molecular formula is C48H30O. The van der Waals surface area contributed by atoms with Crippen LogP contribution in [0.4, 0.5) is 0 Å². The minimum absolute atomic E-state index is 0.190. The first-order valence-corrected chi connectivity index (χ1v) is 16.4. The molecular weight excluding hydrogens is 593 g/mol. The molecule has 228 valence electrons. The standard InChI is InChI=1S/C48H30O/c1-2-14-31(15-3-1)35-19-6-7-21-38(35)46-41-24-10-8-22-39(41)45(40-23-9-11-25-42(40)46)34-18-12-17-33(30-34)36-26-13-27-44-47(36)43-29-28-32-16-4-5-20-37(32)48(43)49-44/h1-30H/i1D,2D,3D,14D,15D. The van der Waals surface area contributed by atoms with E-state index in [4.69, 9.17) is 11.3 Å². The van der Waals surface area contributed by atoms with Gasteiger partial charge in [-0.2, -0.15) is 0 Å². The van der Waals surface area contributed by atoms with E-state index in [0.29, 0.717) is 5.56 Å². The van der Waals surface area contributed by atoms with Crippen LogP contribution in [0.2, 0.25) is 0 Å². The second-order valence-electron chi connectivity index (χ2n) is 12.4. The summed E-state index contributed by atoms with van der Waals surface area (Å²) in [6.45, 7) is 0. The predicted molar refractivity (Wildman–Crippen MR) is 208 cm³/mol. The van der Waals surface area contributed by atoms with Crippen LogP contribution in [0.1, 0.15) is 6.85 Å². The Labute approximate surface area is 291 Å². The summed E-state index contributed by atoms with van der Waals surface area (Å²) in [7, 11) is 0. The molecule has 1 heteroatoms. The lowest BCUT2D eigenvalue weighted by molar-refractivity contribution is 0.673. The lowest BCUT2D eigenvalue weighted by Gasteiger charge is -2.20. The van der Waals surface area contributed by atoms with Gasteiger partial charge in [0.25, 0.3) is 0 Å². The van der Waals surface area contributed by atoms with Gasteiger partial charge in [0, 0.05) is 16.2 Å². The minimum atomic E-state index is -0.403. The number of fused-ring (bicyclic) bond motifs is 7. The van der Waals surface area contributed by atoms with Crippen molar-refractivity contribution in [2.24, 2.45) is 0 Å². The molecule has 1 heterocycles. The smallest absolute Gasteiger partial charge is 0.143 e. The van der Waals surface area contributed by atoms with Gasteiger partial charge in [-0.3, -0.25) is 0 Å². The highest BCUT2D eigenvalue weighted by Crippen LogP contribution is 2.47. The van der Waals surface area contributed by atoms with Gasteiger partial charge in [0.2, 0.25) is 0 Å². The zero-order valence-corrected chi connectivity index (χ0v) is 26.3. The Morgan fingerprint density at radius 1 is 0.388 bits per heavy atom. The molecule has 0 aliphatic rings. The van der Waals surface area contributed by atoms with Crippen LogP contribution in [-0.2, 0) is 0 Å². The van der Waals surface area contributed by atoms with Crippen molar-refractivity contribution in [3.63, 3.8) is 0 Å². The first kappa shape index (κ1) is 23.0. The molecule has 1 nitrogen and oxygen atoms in total. The SMILES string of the molecule is [2H]c1c([2H])c([2H])c(-c2ccccc2-c2c3ccccc3c(-c3cccc(-c4cccc5oc6c7ccccc7ccc6c45)c3)c3ccccc23)c([2H])c1[2H]. The molecule has 0 spiro atoms. The third kappa shape index (κ3) is 4.33. The maximum atomic E-state index is 8.84. The predicted octanol–water partition coefficient (Wildman–Crippen LogP) is 13.7. The summed E-state index contributed by atoms with van der Waals surface area (Å²) in [4.78, 5) is 0. The molecule has 0 atom stereocenters. The molecule has 10 rings (SSSR count).